The van der Waals surface area contributed by atoms with E-state index >= 15 is 0 Å². The van der Waals surface area contributed by atoms with Crippen molar-refractivity contribution in [3.63, 3.8) is 0 Å². The normalized spacial score (nSPS) is 12.7. The summed E-state index contributed by atoms with van der Waals surface area (Å²) in [5, 5.41) is 25.0. The van der Waals surface area contributed by atoms with Gasteiger partial charge >= 0.3 is 0 Å². The number of benzene rings is 1. The highest BCUT2D eigenvalue weighted by molar-refractivity contribution is 5.93. The highest BCUT2D eigenvalue weighted by atomic mass is 16.4. The molecule has 0 fully saturated rings. The number of fused-ring (bicyclic) bond motifs is 1. The number of aliphatic hydroxyl groups is 2. The number of hydrogen-bond donors (Lipinski definition) is 3. The summed E-state index contributed by atoms with van der Waals surface area (Å²) >= 11 is 0. The van der Waals surface area contributed by atoms with Crippen LogP contribution in [-0.4, -0.2) is 36.1 Å². The van der Waals surface area contributed by atoms with Crippen LogP contribution >= 0.6 is 0 Å². The number of aromatic nitrogens is 4. The average Bonchev–Trinajstić information content (AvgIpc) is 3.38. The molecule has 0 amide bonds. The van der Waals surface area contributed by atoms with Gasteiger partial charge in [-0.15, -0.1) is 0 Å². The molecule has 0 saturated heterocycles. The molecule has 3 aromatic heterocycles. The van der Waals surface area contributed by atoms with Crippen LogP contribution in [0.5, 0.6) is 0 Å². The summed E-state index contributed by atoms with van der Waals surface area (Å²) in [5.41, 5.74) is 1.90. The molecule has 1 atom stereocenters. The van der Waals surface area contributed by atoms with E-state index in [0.717, 1.165) is 16.5 Å². The minimum absolute atomic E-state index is 0.180. The van der Waals surface area contributed by atoms with Crippen molar-refractivity contribution in [2.24, 2.45) is 0 Å². The second-order valence-electron chi connectivity index (χ2n) is 6.18. The van der Waals surface area contributed by atoms with E-state index in [1.54, 1.807) is 16.8 Å². The van der Waals surface area contributed by atoms with Crippen LogP contribution in [-0.2, 0) is 13.2 Å². The maximum Gasteiger partial charge on any atom is 0.194 e. The number of aromatic amines is 1. The van der Waals surface area contributed by atoms with Gasteiger partial charge in [-0.2, -0.15) is 5.10 Å². The van der Waals surface area contributed by atoms with Crippen LogP contribution in [0.25, 0.3) is 33.9 Å². The standard InChI is InChI=1S/C19H20N4O3/c1-2-12(25)10-23-19(17-8-7-13(11-24)26-17)21-18(22-23)15-9-20-16-6-4-3-5-14(15)16/h3-9,12,20,24-25H,2,10-11H2,1H3/t12-/m0/s1. The Labute approximate surface area is 149 Å². The van der Waals surface area contributed by atoms with Crippen molar-refractivity contribution in [3.8, 4) is 23.0 Å². The Kier molecular flexibility index (Phi) is 4.32. The van der Waals surface area contributed by atoms with Gasteiger partial charge in [0.1, 0.15) is 12.4 Å². The Hall–Kier alpha value is -2.90. The summed E-state index contributed by atoms with van der Waals surface area (Å²) in [4.78, 5) is 7.88. The predicted molar refractivity (Wildman–Crippen MR) is 97.2 cm³/mol. The Morgan fingerprint density at radius 1 is 1.23 bits per heavy atom. The molecule has 0 bridgehead atoms. The minimum atomic E-state index is -0.529. The molecule has 26 heavy (non-hydrogen) atoms. The molecular weight excluding hydrogens is 332 g/mol. The monoisotopic (exact) mass is 352 g/mol. The van der Waals surface area contributed by atoms with Crippen LogP contribution in [0.2, 0.25) is 0 Å². The fraction of sp³-hybridized carbons (Fsp3) is 0.263. The molecule has 0 unspecified atom stereocenters. The van der Waals surface area contributed by atoms with Gasteiger partial charge in [0.05, 0.1) is 12.6 Å². The molecule has 134 valence electrons. The van der Waals surface area contributed by atoms with E-state index in [0.29, 0.717) is 36.1 Å². The Morgan fingerprint density at radius 3 is 2.85 bits per heavy atom. The van der Waals surface area contributed by atoms with E-state index in [2.05, 4.69) is 15.1 Å². The van der Waals surface area contributed by atoms with E-state index in [1.807, 2.05) is 37.4 Å². The van der Waals surface area contributed by atoms with Crippen LogP contribution in [0.1, 0.15) is 19.1 Å². The van der Waals surface area contributed by atoms with Crippen molar-refractivity contribution in [2.45, 2.75) is 32.6 Å². The van der Waals surface area contributed by atoms with E-state index in [9.17, 15) is 10.2 Å². The predicted octanol–water partition coefficient (Wildman–Crippen LogP) is 2.95. The molecule has 3 N–H and O–H groups in total. The molecule has 1 aromatic carbocycles. The number of hydrogen-bond acceptors (Lipinski definition) is 5. The fourth-order valence-corrected chi connectivity index (χ4v) is 2.93. The van der Waals surface area contributed by atoms with E-state index in [4.69, 9.17) is 4.42 Å². The molecule has 0 aliphatic rings. The van der Waals surface area contributed by atoms with Crippen LogP contribution in [0.15, 0.2) is 47.0 Å². The molecule has 4 aromatic rings. The number of nitrogens with zero attached hydrogens (tertiary/aromatic N) is 3. The molecule has 0 saturated carbocycles. The zero-order valence-corrected chi connectivity index (χ0v) is 14.4. The van der Waals surface area contributed by atoms with Gasteiger partial charge in [0, 0.05) is 22.7 Å². The Morgan fingerprint density at radius 2 is 2.08 bits per heavy atom. The van der Waals surface area contributed by atoms with Crippen molar-refractivity contribution in [3.05, 3.63) is 48.4 Å². The van der Waals surface area contributed by atoms with Crippen LogP contribution < -0.4 is 0 Å². The first kappa shape index (κ1) is 16.6. The van der Waals surface area contributed by atoms with Crippen molar-refractivity contribution in [1.29, 1.82) is 0 Å². The molecule has 0 aliphatic carbocycles. The van der Waals surface area contributed by atoms with Crippen molar-refractivity contribution in [1.82, 2.24) is 19.7 Å². The second kappa shape index (κ2) is 6.78. The van der Waals surface area contributed by atoms with Gasteiger partial charge in [0.2, 0.25) is 0 Å². The topological polar surface area (TPSA) is 100 Å². The van der Waals surface area contributed by atoms with Crippen molar-refractivity contribution >= 4 is 10.9 Å². The van der Waals surface area contributed by atoms with Crippen molar-refractivity contribution in [2.75, 3.05) is 0 Å². The number of nitrogens with one attached hydrogen (secondary N) is 1. The molecule has 0 aliphatic heterocycles. The number of aliphatic hydroxyl groups excluding tert-OH is 2. The molecular formula is C19H20N4O3. The van der Waals surface area contributed by atoms with Crippen LogP contribution in [0.3, 0.4) is 0 Å². The zero-order valence-electron chi connectivity index (χ0n) is 14.4. The van der Waals surface area contributed by atoms with Crippen molar-refractivity contribution < 1.29 is 14.6 Å². The summed E-state index contributed by atoms with van der Waals surface area (Å²) < 4.78 is 7.29. The van der Waals surface area contributed by atoms with Gasteiger partial charge in [-0.1, -0.05) is 25.1 Å². The zero-order chi connectivity index (χ0) is 18.1. The number of furan rings is 1. The molecule has 0 radical (unpaired) electrons. The Balaban J connectivity index is 1.82. The largest absolute Gasteiger partial charge is 0.455 e. The number of para-hydroxylation sites is 1. The third kappa shape index (κ3) is 2.91. The lowest BCUT2D eigenvalue weighted by Crippen LogP contribution is -2.16. The first-order valence-corrected chi connectivity index (χ1v) is 8.59. The minimum Gasteiger partial charge on any atom is -0.455 e. The third-order valence-corrected chi connectivity index (χ3v) is 4.39. The van der Waals surface area contributed by atoms with E-state index < -0.39 is 6.10 Å². The molecule has 7 heteroatoms. The lowest BCUT2D eigenvalue weighted by molar-refractivity contribution is 0.145. The Bertz CT molecular complexity index is 1030. The van der Waals surface area contributed by atoms with Gasteiger partial charge in [0.15, 0.2) is 17.4 Å². The summed E-state index contributed by atoms with van der Waals surface area (Å²) in [6.07, 6.45) is 1.96. The van der Waals surface area contributed by atoms with E-state index in [-0.39, 0.29) is 6.61 Å². The maximum absolute atomic E-state index is 10.1. The molecule has 0 spiro atoms. The lowest BCUT2D eigenvalue weighted by atomic mass is 10.2. The van der Waals surface area contributed by atoms with Crippen LogP contribution in [0.4, 0.5) is 0 Å². The highest BCUT2D eigenvalue weighted by Gasteiger charge is 2.20. The second-order valence-corrected chi connectivity index (χ2v) is 6.18. The SMILES string of the molecule is CC[C@H](O)Cn1nc(-c2c[nH]c3ccccc23)nc1-c1ccc(CO)o1. The van der Waals surface area contributed by atoms with Crippen LogP contribution in [0, 0.1) is 0 Å². The number of rotatable bonds is 6. The summed E-state index contributed by atoms with van der Waals surface area (Å²) in [6.45, 7) is 2.05. The first-order valence-electron chi connectivity index (χ1n) is 8.59. The number of H-pyrrole nitrogens is 1. The molecule has 7 nitrogen and oxygen atoms in total. The van der Waals surface area contributed by atoms with Gasteiger partial charge in [-0.05, 0) is 24.6 Å². The molecule has 3 heterocycles. The third-order valence-electron chi connectivity index (χ3n) is 4.39. The van der Waals surface area contributed by atoms with Gasteiger partial charge < -0.3 is 19.6 Å². The average molecular weight is 352 g/mol. The summed E-state index contributed by atoms with van der Waals surface area (Å²) in [6, 6.07) is 11.4. The fourth-order valence-electron chi connectivity index (χ4n) is 2.93. The quantitative estimate of drug-likeness (QED) is 0.495. The van der Waals surface area contributed by atoms with Gasteiger partial charge in [-0.25, -0.2) is 9.67 Å². The lowest BCUT2D eigenvalue weighted by Gasteiger charge is -2.08. The summed E-state index contributed by atoms with van der Waals surface area (Å²) in [7, 11) is 0. The molecule has 4 rings (SSSR count). The highest BCUT2D eigenvalue weighted by Crippen LogP contribution is 2.29. The van der Waals surface area contributed by atoms with E-state index in [1.165, 1.54) is 0 Å². The summed E-state index contributed by atoms with van der Waals surface area (Å²) in [5.74, 6) is 2.05. The maximum atomic E-state index is 10.1. The van der Waals surface area contributed by atoms with Gasteiger partial charge in [0.25, 0.3) is 0 Å². The van der Waals surface area contributed by atoms with Gasteiger partial charge in [-0.3, -0.25) is 0 Å². The first-order chi connectivity index (χ1) is 12.7. The smallest absolute Gasteiger partial charge is 0.194 e.